The third-order valence-corrected chi connectivity index (χ3v) is 4.53. The fraction of sp³-hybridized carbons (Fsp3) is 0.400. The van der Waals surface area contributed by atoms with Gasteiger partial charge in [-0.1, -0.05) is 19.1 Å². The van der Waals surface area contributed by atoms with Gasteiger partial charge < -0.3 is 9.80 Å². The van der Waals surface area contributed by atoms with Crippen LogP contribution in [0.5, 0.6) is 0 Å². The molecule has 0 atom stereocenters. The SMILES string of the molecule is CCc1nsc(N2CCN(C(=O)c3ccccc3F)CC2)n1. The summed E-state index contributed by atoms with van der Waals surface area (Å²) >= 11 is 1.39. The van der Waals surface area contributed by atoms with Gasteiger partial charge in [-0.05, 0) is 12.1 Å². The second kappa shape index (κ2) is 6.39. The quantitative estimate of drug-likeness (QED) is 0.870. The standard InChI is InChI=1S/C15H17FN4OS/c1-2-13-17-15(22-18-13)20-9-7-19(8-10-20)14(21)11-5-3-4-6-12(11)16/h3-6H,2,7-10H2,1H3. The summed E-state index contributed by atoms with van der Waals surface area (Å²) in [5.41, 5.74) is 0.139. The van der Waals surface area contributed by atoms with Crippen LogP contribution in [0.2, 0.25) is 0 Å². The van der Waals surface area contributed by atoms with Crippen molar-refractivity contribution in [3.8, 4) is 0 Å². The smallest absolute Gasteiger partial charge is 0.256 e. The molecule has 0 saturated carbocycles. The number of benzene rings is 1. The van der Waals surface area contributed by atoms with E-state index in [2.05, 4.69) is 14.3 Å². The molecule has 2 heterocycles. The summed E-state index contributed by atoms with van der Waals surface area (Å²) in [5, 5.41) is 0.898. The molecule has 22 heavy (non-hydrogen) atoms. The third kappa shape index (κ3) is 2.94. The molecule has 2 aromatic rings. The highest BCUT2D eigenvalue weighted by atomic mass is 32.1. The van der Waals surface area contributed by atoms with Crippen LogP contribution in [0.15, 0.2) is 24.3 Å². The minimum atomic E-state index is -0.466. The number of aromatic nitrogens is 2. The van der Waals surface area contributed by atoms with Crippen LogP contribution >= 0.6 is 11.5 Å². The zero-order valence-electron chi connectivity index (χ0n) is 12.3. The molecule has 1 aliphatic heterocycles. The van der Waals surface area contributed by atoms with E-state index in [0.717, 1.165) is 17.4 Å². The van der Waals surface area contributed by atoms with E-state index in [9.17, 15) is 9.18 Å². The second-order valence-electron chi connectivity index (χ2n) is 5.11. The average Bonchev–Trinajstić information content (AvgIpc) is 3.04. The molecule has 0 radical (unpaired) electrons. The summed E-state index contributed by atoms with van der Waals surface area (Å²) in [5.74, 6) is 0.140. The molecule has 0 spiro atoms. The van der Waals surface area contributed by atoms with Crippen LogP contribution in [-0.4, -0.2) is 46.3 Å². The van der Waals surface area contributed by atoms with E-state index in [0.29, 0.717) is 26.2 Å². The lowest BCUT2D eigenvalue weighted by atomic mass is 10.1. The minimum absolute atomic E-state index is 0.139. The summed E-state index contributed by atoms with van der Waals surface area (Å²) in [4.78, 5) is 20.6. The highest BCUT2D eigenvalue weighted by Gasteiger charge is 2.25. The van der Waals surface area contributed by atoms with Gasteiger partial charge in [0.2, 0.25) is 5.13 Å². The van der Waals surface area contributed by atoms with E-state index < -0.39 is 5.82 Å². The summed E-state index contributed by atoms with van der Waals surface area (Å²) in [6.45, 7) is 4.54. The van der Waals surface area contributed by atoms with Crippen molar-refractivity contribution < 1.29 is 9.18 Å². The number of hydrogen-bond donors (Lipinski definition) is 0. The van der Waals surface area contributed by atoms with Crippen molar-refractivity contribution in [2.24, 2.45) is 0 Å². The third-order valence-electron chi connectivity index (χ3n) is 3.72. The molecule has 1 aliphatic rings. The Bertz CT molecular complexity index is 667. The maximum Gasteiger partial charge on any atom is 0.256 e. The van der Waals surface area contributed by atoms with Gasteiger partial charge >= 0.3 is 0 Å². The van der Waals surface area contributed by atoms with Gasteiger partial charge in [0.1, 0.15) is 11.6 Å². The van der Waals surface area contributed by atoms with Crippen molar-refractivity contribution in [1.82, 2.24) is 14.3 Å². The van der Waals surface area contributed by atoms with Crippen LogP contribution in [0.4, 0.5) is 9.52 Å². The Kier molecular flexibility index (Phi) is 4.33. The van der Waals surface area contributed by atoms with Gasteiger partial charge in [0.05, 0.1) is 5.56 Å². The average molecular weight is 320 g/mol. The van der Waals surface area contributed by atoms with Crippen molar-refractivity contribution in [3.63, 3.8) is 0 Å². The van der Waals surface area contributed by atoms with Crippen molar-refractivity contribution >= 4 is 22.6 Å². The number of hydrogen-bond acceptors (Lipinski definition) is 5. The molecule has 5 nitrogen and oxygen atoms in total. The van der Waals surface area contributed by atoms with Gasteiger partial charge in [0.15, 0.2) is 0 Å². The molecule has 1 saturated heterocycles. The fourth-order valence-corrected chi connectivity index (χ4v) is 3.22. The van der Waals surface area contributed by atoms with Crippen molar-refractivity contribution in [3.05, 3.63) is 41.5 Å². The normalized spacial score (nSPS) is 15.2. The molecule has 0 aliphatic carbocycles. The maximum atomic E-state index is 13.7. The number of piperazine rings is 1. The Balaban J connectivity index is 1.64. The molecule has 7 heteroatoms. The summed E-state index contributed by atoms with van der Waals surface area (Å²) < 4.78 is 18.0. The van der Waals surface area contributed by atoms with Crippen molar-refractivity contribution in [2.45, 2.75) is 13.3 Å². The molecule has 3 rings (SSSR count). The number of carbonyl (C=O) groups excluding carboxylic acids is 1. The van der Waals surface area contributed by atoms with Gasteiger partial charge in [0.25, 0.3) is 5.91 Å². The number of anilines is 1. The zero-order valence-corrected chi connectivity index (χ0v) is 13.1. The maximum absolute atomic E-state index is 13.7. The fourth-order valence-electron chi connectivity index (χ4n) is 2.42. The van der Waals surface area contributed by atoms with E-state index in [-0.39, 0.29) is 11.5 Å². The van der Waals surface area contributed by atoms with E-state index in [4.69, 9.17) is 0 Å². The number of rotatable bonds is 3. The highest BCUT2D eigenvalue weighted by Crippen LogP contribution is 2.20. The van der Waals surface area contributed by atoms with Crippen LogP contribution < -0.4 is 4.90 Å². The Morgan fingerprint density at radius 1 is 1.27 bits per heavy atom. The Morgan fingerprint density at radius 2 is 2.00 bits per heavy atom. The molecule has 1 fully saturated rings. The Morgan fingerprint density at radius 3 is 2.64 bits per heavy atom. The monoisotopic (exact) mass is 320 g/mol. The Hall–Kier alpha value is -2.02. The topological polar surface area (TPSA) is 49.3 Å². The van der Waals surface area contributed by atoms with Crippen LogP contribution in [-0.2, 0) is 6.42 Å². The van der Waals surface area contributed by atoms with Crippen LogP contribution in [0, 0.1) is 5.82 Å². The van der Waals surface area contributed by atoms with Gasteiger partial charge in [-0.15, -0.1) is 0 Å². The molecule has 116 valence electrons. The van der Waals surface area contributed by atoms with Crippen LogP contribution in [0.1, 0.15) is 23.1 Å². The van der Waals surface area contributed by atoms with Crippen LogP contribution in [0.3, 0.4) is 0 Å². The predicted molar refractivity (Wildman–Crippen MR) is 83.8 cm³/mol. The molecule has 0 bridgehead atoms. The number of halogens is 1. The van der Waals surface area contributed by atoms with Crippen LogP contribution in [0.25, 0.3) is 0 Å². The first-order valence-electron chi connectivity index (χ1n) is 7.30. The first-order valence-corrected chi connectivity index (χ1v) is 8.07. The summed E-state index contributed by atoms with van der Waals surface area (Å²) in [7, 11) is 0. The van der Waals surface area contributed by atoms with E-state index in [1.165, 1.54) is 23.7 Å². The lowest BCUT2D eigenvalue weighted by molar-refractivity contribution is 0.0742. The van der Waals surface area contributed by atoms with Gasteiger partial charge in [-0.3, -0.25) is 4.79 Å². The number of aryl methyl sites for hydroxylation is 1. The van der Waals surface area contributed by atoms with E-state index >= 15 is 0 Å². The van der Waals surface area contributed by atoms with E-state index in [1.807, 2.05) is 6.92 Å². The zero-order chi connectivity index (χ0) is 15.5. The number of carbonyl (C=O) groups is 1. The number of amides is 1. The molecule has 0 N–H and O–H groups in total. The molecule has 1 aromatic carbocycles. The minimum Gasteiger partial charge on any atom is -0.343 e. The summed E-state index contributed by atoms with van der Waals surface area (Å²) in [6.07, 6.45) is 0.822. The van der Waals surface area contributed by atoms with Gasteiger partial charge in [-0.25, -0.2) is 9.37 Å². The lowest BCUT2D eigenvalue weighted by Crippen LogP contribution is -2.49. The van der Waals surface area contributed by atoms with Gasteiger partial charge in [0, 0.05) is 44.1 Å². The van der Waals surface area contributed by atoms with Crippen molar-refractivity contribution in [2.75, 3.05) is 31.1 Å². The first-order chi connectivity index (χ1) is 10.7. The molecule has 0 unspecified atom stereocenters. The molecule has 1 amide bonds. The lowest BCUT2D eigenvalue weighted by Gasteiger charge is -2.34. The Labute approximate surface area is 132 Å². The molecule has 1 aromatic heterocycles. The summed E-state index contributed by atoms with van der Waals surface area (Å²) in [6, 6.07) is 6.12. The van der Waals surface area contributed by atoms with Crippen molar-refractivity contribution in [1.29, 1.82) is 0 Å². The highest BCUT2D eigenvalue weighted by molar-refractivity contribution is 7.09. The van der Waals surface area contributed by atoms with Gasteiger partial charge in [-0.2, -0.15) is 4.37 Å². The molecular weight excluding hydrogens is 303 g/mol. The predicted octanol–water partition coefficient (Wildman–Crippen LogP) is 2.20. The molecular formula is C15H17FN4OS. The van der Waals surface area contributed by atoms with E-state index in [1.54, 1.807) is 17.0 Å². The second-order valence-corrected chi connectivity index (χ2v) is 5.84. The number of nitrogens with zero attached hydrogens (tertiary/aromatic N) is 4. The first kappa shape index (κ1) is 14.9. The largest absolute Gasteiger partial charge is 0.343 e.